The number of guanidine groups is 1. The molecule has 0 bridgehead atoms. The van der Waals surface area contributed by atoms with Gasteiger partial charge in [-0.15, -0.1) is 24.0 Å². The summed E-state index contributed by atoms with van der Waals surface area (Å²) in [5.74, 6) is 2.02. The van der Waals surface area contributed by atoms with Crippen LogP contribution in [0.5, 0.6) is 5.75 Å². The smallest absolute Gasteiger partial charge is 0.193 e. The zero-order valence-corrected chi connectivity index (χ0v) is 19.8. The van der Waals surface area contributed by atoms with Gasteiger partial charge in [0, 0.05) is 52.1 Å². The van der Waals surface area contributed by atoms with Crippen LogP contribution in [-0.4, -0.2) is 67.7 Å². The molecule has 2 aliphatic rings. The van der Waals surface area contributed by atoms with Crippen molar-refractivity contribution in [2.24, 2.45) is 4.99 Å². The number of ether oxygens (including phenoxy) is 1. The van der Waals surface area contributed by atoms with Crippen molar-refractivity contribution < 1.29 is 4.74 Å². The Bertz CT molecular complexity index is 575. The van der Waals surface area contributed by atoms with Crippen molar-refractivity contribution in [2.45, 2.75) is 57.6 Å². The number of aliphatic imine (C=N–C) groups is 1. The molecule has 3 rings (SSSR count). The second-order valence-electron chi connectivity index (χ2n) is 7.83. The number of nitrogens with one attached hydrogen (secondary N) is 1. The van der Waals surface area contributed by atoms with E-state index in [1.165, 1.54) is 38.8 Å². The van der Waals surface area contributed by atoms with Gasteiger partial charge in [0.1, 0.15) is 11.9 Å². The SMILES string of the molecule is CN=C(NCCCN1CCCCC1C)N1CCC(Oc2ccccc2)CC1.I. The van der Waals surface area contributed by atoms with Crippen LogP contribution in [0.1, 0.15) is 45.4 Å². The third-order valence-corrected chi connectivity index (χ3v) is 5.85. The van der Waals surface area contributed by atoms with Gasteiger partial charge in [-0.1, -0.05) is 24.6 Å². The lowest BCUT2D eigenvalue weighted by atomic mass is 10.0. The molecule has 6 heteroatoms. The standard InChI is InChI=1S/C22H36N4O.HI/c1-19-9-6-7-15-25(19)16-8-14-24-22(23-2)26-17-12-21(13-18-26)27-20-10-4-3-5-11-20;/h3-5,10-11,19,21H,6-9,12-18H2,1-2H3,(H,23,24);1H. The minimum Gasteiger partial charge on any atom is -0.490 e. The number of rotatable bonds is 6. The van der Waals surface area contributed by atoms with Gasteiger partial charge in [-0.2, -0.15) is 0 Å². The van der Waals surface area contributed by atoms with Crippen LogP contribution >= 0.6 is 24.0 Å². The Balaban J connectivity index is 0.00000280. The van der Waals surface area contributed by atoms with Crippen LogP contribution in [0, 0.1) is 0 Å². The summed E-state index contributed by atoms with van der Waals surface area (Å²) in [7, 11) is 1.89. The highest BCUT2D eigenvalue weighted by Crippen LogP contribution is 2.19. The zero-order valence-electron chi connectivity index (χ0n) is 17.5. The van der Waals surface area contributed by atoms with E-state index in [9.17, 15) is 0 Å². The summed E-state index contributed by atoms with van der Waals surface area (Å²) in [6.45, 7) is 7.83. The van der Waals surface area contributed by atoms with E-state index >= 15 is 0 Å². The highest BCUT2D eigenvalue weighted by Gasteiger charge is 2.23. The molecule has 1 unspecified atom stereocenters. The number of likely N-dealkylation sites (tertiary alicyclic amines) is 2. The Hall–Kier alpha value is -1.02. The van der Waals surface area contributed by atoms with Crippen molar-refractivity contribution in [1.82, 2.24) is 15.1 Å². The second-order valence-corrected chi connectivity index (χ2v) is 7.83. The van der Waals surface area contributed by atoms with Crippen molar-refractivity contribution >= 4 is 29.9 Å². The summed E-state index contributed by atoms with van der Waals surface area (Å²) in [5.41, 5.74) is 0. The average molecular weight is 500 g/mol. The monoisotopic (exact) mass is 500 g/mol. The van der Waals surface area contributed by atoms with Gasteiger partial charge >= 0.3 is 0 Å². The molecule has 1 aromatic rings. The Morgan fingerprint density at radius 1 is 1.11 bits per heavy atom. The predicted molar refractivity (Wildman–Crippen MR) is 128 cm³/mol. The first-order valence-corrected chi connectivity index (χ1v) is 10.7. The van der Waals surface area contributed by atoms with E-state index in [0.29, 0.717) is 6.10 Å². The molecule has 2 aliphatic heterocycles. The summed E-state index contributed by atoms with van der Waals surface area (Å²) < 4.78 is 6.10. The maximum atomic E-state index is 6.10. The van der Waals surface area contributed by atoms with Crippen molar-refractivity contribution in [3.05, 3.63) is 30.3 Å². The number of hydrogen-bond acceptors (Lipinski definition) is 3. The largest absolute Gasteiger partial charge is 0.490 e. The third-order valence-electron chi connectivity index (χ3n) is 5.85. The number of nitrogens with zero attached hydrogens (tertiary/aromatic N) is 3. The van der Waals surface area contributed by atoms with Gasteiger partial charge < -0.3 is 19.9 Å². The fourth-order valence-corrected chi connectivity index (χ4v) is 4.18. The van der Waals surface area contributed by atoms with Crippen molar-refractivity contribution in [1.29, 1.82) is 0 Å². The molecule has 0 spiro atoms. The third kappa shape index (κ3) is 7.10. The molecule has 158 valence electrons. The number of hydrogen-bond donors (Lipinski definition) is 1. The molecular weight excluding hydrogens is 463 g/mol. The molecule has 28 heavy (non-hydrogen) atoms. The first kappa shape index (κ1) is 23.3. The minimum atomic E-state index is 0. The molecule has 0 saturated carbocycles. The molecule has 0 aliphatic carbocycles. The van der Waals surface area contributed by atoms with E-state index < -0.39 is 0 Å². The summed E-state index contributed by atoms with van der Waals surface area (Å²) in [6, 6.07) is 10.9. The van der Waals surface area contributed by atoms with Gasteiger partial charge in [-0.25, -0.2) is 0 Å². The summed E-state index contributed by atoms with van der Waals surface area (Å²) in [6.07, 6.45) is 7.68. The number of piperidine rings is 2. The Kier molecular flexibility index (Phi) is 10.4. The first-order valence-electron chi connectivity index (χ1n) is 10.7. The molecule has 0 radical (unpaired) electrons. The Morgan fingerprint density at radius 3 is 2.54 bits per heavy atom. The van der Waals surface area contributed by atoms with Crippen molar-refractivity contribution in [2.75, 3.05) is 39.8 Å². The number of para-hydroxylation sites is 1. The fraction of sp³-hybridized carbons (Fsp3) is 0.682. The molecule has 2 saturated heterocycles. The lowest BCUT2D eigenvalue weighted by molar-refractivity contribution is 0.129. The van der Waals surface area contributed by atoms with Crippen molar-refractivity contribution in [3.8, 4) is 5.75 Å². The quantitative estimate of drug-likeness (QED) is 0.278. The Morgan fingerprint density at radius 2 is 1.86 bits per heavy atom. The van der Waals surface area contributed by atoms with Crippen LogP contribution in [0.2, 0.25) is 0 Å². The lowest BCUT2D eigenvalue weighted by Gasteiger charge is -2.35. The van der Waals surface area contributed by atoms with E-state index in [1.807, 2.05) is 37.4 Å². The molecule has 2 heterocycles. The van der Waals surface area contributed by atoms with Crippen LogP contribution in [0.25, 0.3) is 0 Å². The summed E-state index contributed by atoms with van der Waals surface area (Å²) in [4.78, 5) is 9.51. The molecule has 5 nitrogen and oxygen atoms in total. The minimum absolute atomic E-state index is 0. The fourth-order valence-electron chi connectivity index (χ4n) is 4.18. The topological polar surface area (TPSA) is 40.1 Å². The van der Waals surface area contributed by atoms with Gasteiger partial charge in [-0.3, -0.25) is 4.99 Å². The molecule has 2 fully saturated rings. The van der Waals surface area contributed by atoms with Crippen LogP contribution in [0.4, 0.5) is 0 Å². The highest BCUT2D eigenvalue weighted by atomic mass is 127. The Labute approximate surface area is 187 Å². The van der Waals surface area contributed by atoms with Crippen LogP contribution in [-0.2, 0) is 0 Å². The number of benzene rings is 1. The first-order chi connectivity index (χ1) is 13.3. The van der Waals surface area contributed by atoms with Gasteiger partial charge in [0.25, 0.3) is 0 Å². The second kappa shape index (κ2) is 12.5. The predicted octanol–water partition coefficient (Wildman–Crippen LogP) is 3.99. The van der Waals surface area contributed by atoms with E-state index in [1.54, 1.807) is 0 Å². The van der Waals surface area contributed by atoms with E-state index in [-0.39, 0.29) is 24.0 Å². The summed E-state index contributed by atoms with van der Waals surface area (Å²) in [5, 5.41) is 3.57. The van der Waals surface area contributed by atoms with Gasteiger partial charge in [0.05, 0.1) is 0 Å². The van der Waals surface area contributed by atoms with Crippen LogP contribution < -0.4 is 10.1 Å². The average Bonchev–Trinajstić information content (AvgIpc) is 2.71. The van der Waals surface area contributed by atoms with Crippen LogP contribution in [0.15, 0.2) is 35.3 Å². The van der Waals surface area contributed by atoms with E-state index in [0.717, 1.165) is 50.2 Å². The molecule has 0 amide bonds. The molecule has 1 atom stereocenters. The maximum Gasteiger partial charge on any atom is 0.193 e. The molecule has 0 aromatic heterocycles. The van der Waals surface area contributed by atoms with E-state index in [4.69, 9.17) is 4.74 Å². The normalized spacial score (nSPS) is 21.9. The van der Waals surface area contributed by atoms with Gasteiger partial charge in [0.2, 0.25) is 0 Å². The van der Waals surface area contributed by atoms with E-state index in [2.05, 4.69) is 27.0 Å². The highest BCUT2D eigenvalue weighted by molar-refractivity contribution is 14.0. The lowest BCUT2D eigenvalue weighted by Crippen LogP contribution is -2.48. The van der Waals surface area contributed by atoms with Gasteiger partial charge in [-0.05, 0) is 44.9 Å². The maximum absolute atomic E-state index is 6.10. The molecular formula is C22H37IN4O. The summed E-state index contributed by atoms with van der Waals surface area (Å²) >= 11 is 0. The molecule has 1 aromatic carbocycles. The van der Waals surface area contributed by atoms with Gasteiger partial charge in [0.15, 0.2) is 5.96 Å². The van der Waals surface area contributed by atoms with Crippen molar-refractivity contribution in [3.63, 3.8) is 0 Å². The van der Waals surface area contributed by atoms with Crippen LogP contribution in [0.3, 0.4) is 0 Å². The molecule has 1 N–H and O–H groups in total. The zero-order chi connectivity index (χ0) is 18.9. The number of halogens is 1.